The van der Waals surface area contributed by atoms with Crippen LogP contribution in [0.4, 0.5) is 0 Å². The molecule has 2 rings (SSSR count). The Balaban J connectivity index is 2.12. The molecule has 1 N–H and O–H groups in total. The third-order valence-electron chi connectivity index (χ3n) is 3.06. The van der Waals surface area contributed by atoms with E-state index in [0.717, 1.165) is 19.4 Å². The van der Waals surface area contributed by atoms with Gasteiger partial charge in [-0.25, -0.2) is 0 Å². The highest BCUT2D eigenvalue weighted by atomic mass is 32.1. The van der Waals surface area contributed by atoms with E-state index in [2.05, 4.69) is 17.9 Å². The molecule has 5 heteroatoms. The second-order valence-electron chi connectivity index (χ2n) is 3.81. The molecule has 0 aromatic carbocycles. The highest BCUT2D eigenvalue weighted by molar-refractivity contribution is 7.81. The summed E-state index contributed by atoms with van der Waals surface area (Å²) in [5, 5.41) is 2.81. The van der Waals surface area contributed by atoms with Crippen molar-refractivity contribution in [3.63, 3.8) is 0 Å². The second-order valence-corrected chi connectivity index (χ2v) is 4.12. The zero-order chi connectivity index (χ0) is 10.1. The number of carbonyl (C=O) groups excluding carboxylic acids is 2. The quantitative estimate of drug-likeness (QED) is 0.586. The number of fused-ring (bicyclic) bond motifs is 1. The smallest absolute Gasteiger partial charge is 0.232 e. The molecular formula is C9H14N2O2S. The first-order chi connectivity index (χ1) is 6.74. The van der Waals surface area contributed by atoms with Gasteiger partial charge in [-0.1, -0.05) is 0 Å². The molecule has 0 aliphatic carbocycles. The Hall–Kier alpha value is -0.710. The minimum absolute atomic E-state index is 0.0209. The van der Waals surface area contributed by atoms with Crippen molar-refractivity contribution in [3.8, 4) is 0 Å². The van der Waals surface area contributed by atoms with Crippen molar-refractivity contribution >= 4 is 24.4 Å². The summed E-state index contributed by atoms with van der Waals surface area (Å²) in [6.45, 7) is 1.39. The van der Waals surface area contributed by atoms with Gasteiger partial charge in [0.2, 0.25) is 11.8 Å². The lowest BCUT2D eigenvalue weighted by molar-refractivity contribution is -0.134. The van der Waals surface area contributed by atoms with E-state index in [-0.39, 0.29) is 29.5 Å². The summed E-state index contributed by atoms with van der Waals surface area (Å²) in [6.07, 6.45) is 1.83. The van der Waals surface area contributed by atoms with Gasteiger partial charge in [0.15, 0.2) is 0 Å². The summed E-state index contributed by atoms with van der Waals surface area (Å²) in [5.41, 5.74) is 0. The van der Waals surface area contributed by atoms with Crippen LogP contribution in [0.5, 0.6) is 0 Å². The van der Waals surface area contributed by atoms with E-state index >= 15 is 0 Å². The molecule has 4 nitrogen and oxygen atoms in total. The Labute approximate surface area is 88.4 Å². The molecule has 0 aromatic rings. The zero-order valence-electron chi connectivity index (χ0n) is 7.90. The number of carbonyl (C=O) groups is 2. The number of thiol groups is 1. The molecule has 2 atom stereocenters. The van der Waals surface area contributed by atoms with Crippen LogP contribution >= 0.6 is 12.6 Å². The number of hydrogen-bond donors (Lipinski definition) is 2. The Bertz CT molecular complexity index is 270. The number of piperidine rings is 1. The fourth-order valence-electron chi connectivity index (χ4n) is 2.35. The van der Waals surface area contributed by atoms with Crippen LogP contribution in [0.1, 0.15) is 12.8 Å². The Kier molecular flexibility index (Phi) is 2.67. The predicted molar refractivity (Wildman–Crippen MR) is 55.1 cm³/mol. The van der Waals surface area contributed by atoms with Gasteiger partial charge in [0.05, 0.1) is 17.7 Å². The number of amides is 2. The van der Waals surface area contributed by atoms with Gasteiger partial charge < -0.3 is 10.2 Å². The van der Waals surface area contributed by atoms with Crippen LogP contribution in [0.2, 0.25) is 0 Å². The summed E-state index contributed by atoms with van der Waals surface area (Å²) >= 11 is 3.98. The van der Waals surface area contributed by atoms with Crippen molar-refractivity contribution < 1.29 is 9.59 Å². The van der Waals surface area contributed by atoms with Crippen LogP contribution in [0.25, 0.3) is 0 Å². The van der Waals surface area contributed by atoms with E-state index in [1.54, 1.807) is 4.90 Å². The monoisotopic (exact) mass is 214 g/mol. The highest BCUT2D eigenvalue weighted by Gasteiger charge is 2.42. The van der Waals surface area contributed by atoms with Gasteiger partial charge in [0, 0.05) is 13.1 Å². The minimum Gasteiger partial charge on any atom is -0.354 e. The van der Waals surface area contributed by atoms with E-state index < -0.39 is 0 Å². The molecule has 0 aromatic heterocycles. The molecule has 2 saturated heterocycles. The van der Waals surface area contributed by atoms with E-state index in [0.29, 0.717) is 6.54 Å². The molecule has 2 aliphatic heterocycles. The van der Waals surface area contributed by atoms with Crippen molar-refractivity contribution in [3.05, 3.63) is 0 Å². The summed E-state index contributed by atoms with van der Waals surface area (Å²) < 4.78 is 0. The standard InChI is InChI=1S/C9H14N2O2S/c12-8(5-14)11-3-1-2-6-7(11)4-10-9(6)13/h6-7,14H,1-5H2,(H,10,13). The van der Waals surface area contributed by atoms with Gasteiger partial charge in [-0.05, 0) is 12.8 Å². The molecule has 2 heterocycles. The first-order valence-corrected chi connectivity index (χ1v) is 5.55. The van der Waals surface area contributed by atoms with Gasteiger partial charge in [0.25, 0.3) is 0 Å². The van der Waals surface area contributed by atoms with Crippen molar-refractivity contribution in [2.24, 2.45) is 5.92 Å². The lowest BCUT2D eigenvalue weighted by Gasteiger charge is -2.35. The van der Waals surface area contributed by atoms with Gasteiger partial charge in [-0.2, -0.15) is 12.6 Å². The molecule has 0 spiro atoms. The Morgan fingerprint density at radius 3 is 3.14 bits per heavy atom. The fraction of sp³-hybridized carbons (Fsp3) is 0.778. The van der Waals surface area contributed by atoms with Crippen LogP contribution in [0.15, 0.2) is 0 Å². The van der Waals surface area contributed by atoms with Crippen molar-refractivity contribution in [1.82, 2.24) is 10.2 Å². The third-order valence-corrected chi connectivity index (χ3v) is 3.33. The topological polar surface area (TPSA) is 49.4 Å². The summed E-state index contributed by atoms with van der Waals surface area (Å²) in [5.74, 6) is 0.399. The predicted octanol–water partition coefficient (Wildman–Crippen LogP) is -0.347. The van der Waals surface area contributed by atoms with Gasteiger partial charge in [-0.3, -0.25) is 9.59 Å². The number of nitrogens with zero attached hydrogens (tertiary/aromatic N) is 1. The average molecular weight is 214 g/mol. The van der Waals surface area contributed by atoms with Crippen LogP contribution < -0.4 is 5.32 Å². The van der Waals surface area contributed by atoms with Crippen molar-refractivity contribution in [2.45, 2.75) is 18.9 Å². The SMILES string of the molecule is O=C1NCC2C1CCCN2C(=O)CS. The first kappa shape index (κ1) is 9.83. The molecule has 14 heavy (non-hydrogen) atoms. The molecule has 2 aliphatic rings. The number of likely N-dealkylation sites (tertiary alicyclic amines) is 1. The summed E-state index contributed by atoms with van der Waals surface area (Å²) in [7, 11) is 0. The largest absolute Gasteiger partial charge is 0.354 e. The third kappa shape index (κ3) is 1.49. The lowest BCUT2D eigenvalue weighted by Crippen LogP contribution is -2.49. The molecule has 2 fully saturated rings. The maximum absolute atomic E-state index is 11.5. The van der Waals surface area contributed by atoms with E-state index in [1.807, 2.05) is 0 Å². The maximum atomic E-state index is 11.5. The van der Waals surface area contributed by atoms with Crippen LogP contribution in [0.3, 0.4) is 0 Å². The summed E-state index contributed by atoms with van der Waals surface area (Å²) in [4.78, 5) is 24.7. The molecule has 78 valence electrons. The molecule has 2 amide bonds. The fourth-order valence-corrected chi connectivity index (χ4v) is 2.53. The maximum Gasteiger partial charge on any atom is 0.232 e. The van der Waals surface area contributed by atoms with E-state index in [4.69, 9.17) is 0 Å². The lowest BCUT2D eigenvalue weighted by atomic mass is 9.91. The van der Waals surface area contributed by atoms with Crippen LogP contribution in [-0.4, -0.2) is 41.6 Å². The second kappa shape index (κ2) is 3.81. The minimum atomic E-state index is 0.0209. The molecular weight excluding hydrogens is 200 g/mol. The molecule has 0 bridgehead atoms. The van der Waals surface area contributed by atoms with Crippen molar-refractivity contribution in [1.29, 1.82) is 0 Å². The normalized spacial score (nSPS) is 31.2. The molecule has 2 unspecified atom stereocenters. The average Bonchev–Trinajstić information content (AvgIpc) is 2.59. The van der Waals surface area contributed by atoms with Gasteiger partial charge in [0.1, 0.15) is 0 Å². The van der Waals surface area contributed by atoms with E-state index in [1.165, 1.54) is 0 Å². The van der Waals surface area contributed by atoms with Crippen LogP contribution in [-0.2, 0) is 9.59 Å². The Morgan fingerprint density at radius 1 is 1.64 bits per heavy atom. The van der Waals surface area contributed by atoms with E-state index in [9.17, 15) is 9.59 Å². The first-order valence-electron chi connectivity index (χ1n) is 4.92. The van der Waals surface area contributed by atoms with Crippen LogP contribution in [0, 0.1) is 5.92 Å². The number of hydrogen-bond acceptors (Lipinski definition) is 3. The Morgan fingerprint density at radius 2 is 2.43 bits per heavy atom. The van der Waals surface area contributed by atoms with Crippen molar-refractivity contribution in [2.75, 3.05) is 18.8 Å². The van der Waals surface area contributed by atoms with Gasteiger partial charge in [-0.15, -0.1) is 0 Å². The molecule has 0 radical (unpaired) electrons. The number of nitrogens with one attached hydrogen (secondary N) is 1. The summed E-state index contributed by atoms with van der Waals surface area (Å²) in [6, 6.07) is 0.0795. The van der Waals surface area contributed by atoms with Gasteiger partial charge >= 0.3 is 0 Å². The molecule has 0 saturated carbocycles. The zero-order valence-corrected chi connectivity index (χ0v) is 8.80. The number of rotatable bonds is 1. The highest BCUT2D eigenvalue weighted by Crippen LogP contribution is 2.27.